The summed E-state index contributed by atoms with van der Waals surface area (Å²) >= 11 is 6.37. The molecule has 8 saturated carbocycles. The van der Waals surface area contributed by atoms with E-state index < -0.39 is 10.8 Å². The molecule has 18 atom stereocenters. The zero-order valence-electron chi connectivity index (χ0n) is 51.0. The third kappa shape index (κ3) is 8.83. The normalized spacial score (nSPS) is 46.8. The molecule has 426 valence electrons. The number of Topliss-reactive ketones (excluding diaryl/α,β-unsaturated/α-hetero) is 5. The summed E-state index contributed by atoms with van der Waals surface area (Å²) in [5.74, 6) is 0.602. The average molecular weight is 1080 g/mol. The van der Waals surface area contributed by atoms with Gasteiger partial charge in [0.25, 0.3) is 0 Å². The fraction of sp³-hybridized carbons (Fsp3) is 0.815. The summed E-state index contributed by atoms with van der Waals surface area (Å²) in [4.78, 5) is 92.7. The van der Waals surface area contributed by atoms with Gasteiger partial charge < -0.3 is 19.2 Å². The molecule has 0 aromatic rings. The number of hydrogen-bond acceptors (Lipinski definition) is 9. The topological polar surface area (TPSA) is 142 Å². The number of fused-ring (bicyclic) bond motifs is 14. The standard InChI is InChI=1S/C32H45NO4.C30H40ClNO3.C2H7NO.CH4/c1-19-20-9-10-30(5)24(29(20,4)17-22(33-7)27(19)36)15-23(34)26-21-16-28(2,3)11-13-32(21,25(35)18-37-8)14-12-31(26,30)6;1-17-18-8-9-28(5)22(27(18,4)16-20(32-7)24(17)34)14-21(33)23-19-15-26(2,3)10-12-30(19,25(31)35)13-11-29(23,28)6;1-3-4-2;/h17,19-21,24,26H,9-16,18H2,1-6,8H3;16-19,22-23H,8-15H2,1-6H3;3H,1-2H3;1H4/t19-,20-,21-,24+,26-,29-,30+,31+,32-;17-,18-,19-,22+,23-,27-,28+,29+,30-;;/m00../s1/i;;;1T. The first kappa shape index (κ1) is 59.8. The van der Waals surface area contributed by atoms with E-state index in [0.717, 1.165) is 89.9 Å². The smallest absolute Gasteiger partial charge is 0.228 e. The van der Waals surface area contributed by atoms with Crippen molar-refractivity contribution in [1.29, 1.82) is 0 Å². The molecular formula is C65H96ClN3O8. The molecule has 0 heterocycles. The highest BCUT2D eigenvalue weighted by Crippen LogP contribution is 2.77. The fourth-order valence-electron chi connectivity index (χ4n) is 20.9. The van der Waals surface area contributed by atoms with Gasteiger partial charge >= 0.3 is 0 Å². The quantitative estimate of drug-likeness (QED) is 0.162. The van der Waals surface area contributed by atoms with Crippen LogP contribution in [0.4, 0.5) is 0 Å². The largest absolute Gasteiger partial charge is 0.377 e. The van der Waals surface area contributed by atoms with E-state index in [1.165, 1.54) is 7.40 Å². The molecule has 0 unspecified atom stereocenters. The van der Waals surface area contributed by atoms with Crippen LogP contribution in [-0.4, -0.2) is 62.0 Å². The lowest BCUT2D eigenvalue weighted by Gasteiger charge is -2.71. The highest BCUT2D eigenvalue weighted by molar-refractivity contribution is 6.64. The van der Waals surface area contributed by atoms with Gasteiger partial charge in [-0.05, 0) is 180 Å². The minimum absolute atomic E-state index is 0.00740. The van der Waals surface area contributed by atoms with Gasteiger partial charge in [-0.2, -0.15) is 0 Å². The SMILES string of the molecule is CNOC.[3H]C.[C-]#[N+]C1=C[C@]2(C)[C@H]3CC(=O)[C@@H]4[C@@H]5CC(C)(C)CC[C@]5(C(=O)COC)CC[C@@]4(C)[C@]3(C)CC[C@H]2[C@H](C)C1=O.[C-]#[N+]C1=C[C@]2(C)[C@H]3CC(=O)[C@@H]4[C@@H]5CC(C)(C)CC[C@]5(C(=O)Cl)CC[C@@]4(C)[C@]3(C)CC[C@H]2[C@H](C)C1=O. The highest BCUT2D eigenvalue weighted by atomic mass is 35.5. The van der Waals surface area contributed by atoms with Crippen LogP contribution in [0.25, 0.3) is 9.69 Å². The van der Waals surface area contributed by atoms with Crippen molar-refractivity contribution >= 4 is 45.8 Å². The lowest BCUT2D eigenvalue weighted by Crippen LogP contribution is -2.68. The van der Waals surface area contributed by atoms with Crippen LogP contribution in [0.1, 0.15) is 195 Å². The number of hydroxylamine groups is 1. The lowest BCUT2D eigenvalue weighted by molar-refractivity contribution is -0.219. The summed E-state index contributed by atoms with van der Waals surface area (Å²) in [6.07, 6.45) is 17.4. The highest BCUT2D eigenvalue weighted by Gasteiger charge is 2.74. The fourth-order valence-corrected chi connectivity index (χ4v) is 21.2. The second kappa shape index (κ2) is 20.6. The number of ketones is 5. The minimum atomic E-state index is -0.579. The van der Waals surface area contributed by atoms with Crippen LogP contribution in [0.3, 0.4) is 0 Å². The molecule has 12 heteroatoms. The first-order valence-electron chi connectivity index (χ1n) is 30.1. The maximum atomic E-state index is 14.4. The Morgan fingerprint density at radius 1 is 0.623 bits per heavy atom. The Bertz CT molecular complexity index is 2600. The summed E-state index contributed by atoms with van der Waals surface area (Å²) in [6, 6.07) is 0. The van der Waals surface area contributed by atoms with Crippen molar-refractivity contribution in [1.82, 2.24) is 5.48 Å². The Morgan fingerprint density at radius 2 is 0.987 bits per heavy atom. The first-order chi connectivity index (χ1) is 36.3. The Kier molecular flexibility index (Phi) is 16.0. The molecule has 10 aliphatic carbocycles. The van der Waals surface area contributed by atoms with Crippen molar-refractivity contribution in [2.24, 2.45) is 113 Å². The Labute approximate surface area is 469 Å². The molecule has 8 fully saturated rings. The van der Waals surface area contributed by atoms with Crippen molar-refractivity contribution < 1.29 is 39.7 Å². The van der Waals surface area contributed by atoms with E-state index in [2.05, 4.69) is 89.2 Å². The van der Waals surface area contributed by atoms with Gasteiger partial charge in [-0.1, -0.05) is 103 Å². The van der Waals surface area contributed by atoms with Crippen LogP contribution in [0, 0.1) is 126 Å². The molecule has 0 aromatic heterocycles. The molecule has 0 spiro atoms. The molecule has 10 rings (SSSR count). The number of carbonyl (C=O) groups is 6. The summed E-state index contributed by atoms with van der Waals surface area (Å²) < 4.78 is 11.1. The number of carbonyl (C=O) groups excluding carboxylic acids is 6. The Morgan fingerprint density at radius 3 is 1.35 bits per heavy atom. The number of allylic oxidation sites excluding steroid dienone is 4. The molecule has 11 nitrogen and oxygen atoms in total. The summed E-state index contributed by atoms with van der Waals surface area (Å²) in [5, 5.41) is -0.236. The number of halogens is 1. The van der Waals surface area contributed by atoms with Crippen LogP contribution in [0.15, 0.2) is 23.5 Å². The molecule has 10 aliphatic rings. The zero-order valence-corrected chi connectivity index (χ0v) is 50.7. The van der Waals surface area contributed by atoms with Gasteiger partial charge in [-0.3, -0.25) is 19.2 Å². The van der Waals surface area contributed by atoms with Gasteiger partial charge in [-0.15, -0.1) is 0 Å². The Hall–Kier alpha value is -3.35. The molecule has 0 aliphatic heterocycles. The van der Waals surface area contributed by atoms with Crippen LogP contribution in [-0.2, 0) is 38.3 Å². The van der Waals surface area contributed by atoms with E-state index in [1.54, 1.807) is 21.3 Å². The van der Waals surface area contributed by atoms with Gasteiger partial charge in [0.2, 0.25) is 16.6 Å². The van der Waals surface area contributed by atoms with Crippen molar-refractivity contribution in [3.63, 3.8) is 0 Å². The van der Waals surface area contributed by atoms with E-state index in [-0.39, 0.29) is 149 Å². The molecule has 0 radical (unpaired) electrons. The monoisotopic (exact) mass is 1080 g/mol. The van der Waals surface area contributed by atoms with E-state index in [4.69, 9.17) is 30.9 Å². The summed E-state index contributed by atoms with van der Waals surface area (Å²) in [5.41, 5.74) is 0.745. The molecular weight excluding hydrogens is 986 g/mol. The van der Waals surface area contributed by atoms with E-state index in [9.17, 15) is 28.8 Å². The van der Waals surface area contributed by atoms with Gasteiger partial charge in [0.15, 0.2) is 17.3 Å². The van der Waals surface area contributed by atoms with Crippen LogP contribution in [0.5, 0.6) is 0 Å². The molecule has 77 heavy (non-hydrogen) atoms. The molecule has 0 saturated heterocycles. The lowest BCUT2D eigenvalue weighted by atomic mass is 9.32. The van der Waals surface area contributed by atoms with Crippen molar-refractivity contribution in [3.05, 3.63) is 46.4 Å². The molecule has 0 amide bonds. The number of nitrogens with zero attached hydrogens (tertiary/aromatic N) is 2. The third-order valence-electron chi connectivity index (χ3n) is 25.6. The third-order valence-corrected chi connectivity index (χ3v) is 26.0. The van der Waals surface area contributed by atoms with Gasteiger partial charge in [-0.25, -0.2) is 15.2 Å². The summed E-state index contributed by atoms with van der Waals surface area (Å²) in [7, 11) is 6.13. The molecule has 1 N–H and O–H groups in total. The predicted octanol–water partition coefficient (Wildman–Crippen LogP) is 13.9. The number of rotatable bonds is 5. The van der Waals surface area contributed by atoms with Crippen molar-refractivity contribution in [2.45, 2.75) is 193 Å². The second-order valence-corrected chi connectivity index (χ2v) is 29.8. The van der Waals surface area contributed by atoms with Gasteiger partial charge in [0, 0.05) is 62.9 Å². The number of methoxy groups -OCH3 is 1. The van der Waals surface area contributed by atoms with Crippen LogP contribution in [0.2, 0.25) is 0 Å². The maximum absolute atomic E-state index is 14.4. The van der Waals surface area contributed by atoms with Crippen LogP contribution >= 0.6 is 11.6 Å². The minimum Gasteiger partial charge on any atom is -0.377 e. The van der Waals surface area contributed by atoms with Gasteiger partial charge in [0.1, 0.15) is 18.2 Å². The number of nitrogens with one attached hydrogen (secondary N) is 1. The predicted molar refractivity (Wildman–Crippen MR) is 301 cm³/mol. The maximum Gasteiger partial charge on any atom is 0.228 e. The molecule has 0 aromatic carbocycles. The van der Waals surface area contributed by atoms with Crippen molar-refractivity contribution in [3.8, 4) is 0 Å². The van der Waals surface area contributed by atoms with Crippen LogP contribution < -0.4 is 5.48 Å². The van der Waals surface area contributed by atoms with E-state index in [1.807, 2.05) is 26.0 Å². The van der Waals surface area contributed by atoms with E-state index in [0.29, 0.717) is 18.6 Å². The Balaban J connectivity index is 0.000000206. The molecule has 0 bridgehead atoms. The number of hydrogen-bond donors (Lipinski definition) is 1. The van der Waals surface area contributed by atoms with Crippen molar-refractivity contribution in [2.75, 3.05) is 27.9 Å². The second-order valence-electron chi connectivity index (χ2n) is 29.5. The van der Waals surface area contributed by atoms with Gasteiger partial charge in [0.05, 0.1) is 20.3 Å². The average Bonchev–Trinajstić information content (AvgIpc) is 3.38. The van der Waals surface area contributed by atoms with E-state index >= 15 is 0 Å². The first-order valence-corrected chi connectivity index (χ1v) is 29.4. The summed E-state index contributed by atoms with van der Waals surface area (Å²) in [6.45, 7) is 42.4. The number of ether oxygens (including phenoxy) is 1. The zero-order chi connectivity index (χ0) is 58.4.